The standard InChI is InChI=1S/C12H15NO4/c1-2-9(12(16)17)10(13)7-3-5-8(6-4-7)11(14)15/h3-6,9-10H,2,13H2,1H3,(H,14,15)(H,16,17). The Morgan fingerprint density at radius 1 is 1.24 bits per heavy atom. The minimum absolute atomic E-state index is 0.157. The van der Waals surface area contributed by atoms with Gasteiger partial charge in [0.05, 0.1) is 11.5 Å². The lowest BCUT2D eigenvalue weighted by atomic mass is 9.91. The predicted octanol–water partition coefficient (Wildman–Crippen LogP) is 1.50. The van der Waals surface area contributed by atoms with Gasteiger partial charge in [0.2, 0.25) is 0 Å². The summed E-state index contributed by atoms with van der Waals surface area (Å²) in [7, 11) is 0. The van der Waals surface area contributed by atoms with Gasteiger partial charge in [-0.1, -0.05) is 19.1 Å². The first-order valence-corrected chi connectivity index (χ1v) is 5.29. The Morgan fingerprint density at radius 2 is 1.76 bits per heavy atom. The topological polar surface area (TPSA) is 101 Å². The molecule has 0 fully saturated rings. The summed E-state index contributed by atoms with van der Waals surface area (Å²) >= 11 is 0. The molecule has 5 heteroatoms. The summed E-state index contributed by atoms with van der Waals surface area (Å²) in [5, 5.41) is 17.7. The van der Waals surface area contributed by atoms with Crippen LogP contribution < -0.4 is 5.73 Å². The zero-order valence-corrected chi connectivity index (χ0v) is 9.46. The van der Waals surface area contributed by atoms with Gasteiger partial charge >= 0.3 is 11.9 Å². The van der Waals surface area contributed by atoms with Crippen LogP contribution in [0.2, 0.25) is 0 Å². The van der Waals surface area contributed by atoms with Gasteiger partial charge in [0.15, 0.2) is 0 Å². The third kappa shape index (κ3) is 3.04. The highest BCUT2D eigenvalue weighted by Crippen LogP contribution is 2.22. The fourth-order valence-electron chi connectivity index (χ4n) is 1.66. The molecule has 4 N–H and O–H groups in total. The van der Waals surface area contributed by atoms with E-state index in [2.05, 4.69) is 0 Å². The molecule has 0 spiro atoms. The number of rotatable bonds is 5. The van der Waals surface area contributed by atoms with Crippen LogP contribution in [-0.2, 0) is 4.79 Å². The minimum atomic E-state index is -1.02. The van der Waals surface area contributed by atoms with Gasteiger partial charge in [-0.05, 0) is 24.1 Å². The number of hydrogen-bond acceptors (Lipinski definition) is 3. The number of carboxylic acid groups (broad SMARTS) is 2. The number of hydrogen-bond donors (Lipinski definition) is 3. The smallest absolute Gasteiger partial charge is 0.335 e. The van der Waals surface area contributed by atoms with Gasteiger partial charge in [0.25, 0.3) is 0 Å². The molecule has 0 heterocycles. The molecule has 1 rings (SSSR count). The van der Waals surface area contributed by atoms with Crippen LogP contribution in [-0.4, -0.2) is 22.2 Å². The molecule has 0 amide bonds. The summed E-state index contributed by atoms with van der Waals surface area (Å²) in [5.74, 6) is -2.62. The molecule has 0 aliphatic heterocycles. The lowest BCUT2D eigenvalue weighted by molar-refractivity contribution is -0.142. The van der Waals surface area contributed by atoms with Crippen molar-refractivity contribution in [2.75, 3.05) is 0 Å². The fraction of sp³-hybridized carbons (Fsp3) is 0.333. The average molecular weight is 237 g/mol. The van der Waals surface area contributed by atoms with E-state index in [-0.39, 0.29) is 5.56 Å². The third-order valence-corrected chi connectivity index (χ3v) is 2.73. The SMILES string of the molecule is CCC(C(=O)O)C(N)c1ccc(C(=O)O)cc1. The zero-order valence-electron chi connectivity index (χ0n) is 9.46. The van der Waals surface area contributed by atoms with Crippen LogP contribution in [0.4, 0.5) is 0 Å². The molecule has 2 atom stereocenters. The molecule has 0 saturated carbocycles. The minimum Gasteiger partial charge on any atom is -0.481 e. The zero-order chi connectivity index (χ0) is 13.0. The van der Waals surface area contributed by atoms with E-state index in [1.807, 2.05) is 0 Å². The van der Waals surface area contributed by atoms with Crippen LogP contribution in [0.3, 0.4) is 0 Å². The molecule has 0 bridgehead atoms. The van der Waals surface area contributed by atoms with Crippen LogP contribution in [0, 0.1) is 5.92 Å². The summed E-state index contributed by atoms with van der Waals surface area (Å²) in [6.07, 6.45) is 0.428. The molecule has 0 aromatic heterocycles. The van der Waals surface area contributed by atoms with E-state index in [1.165, 1.54) is 12.1 Å². The second kappa shape index (κ2) is 5.45. The van der Waals surface area contributed by atoms with Crippen LogP contribution in [0.5, 0.6) is 0 Å². The average Bonchev–Trinajstić information content (AvgIpc) is 2.29. The monoisotopic (exact) mass is 237 g/mol. The highest BCUT2D eigenvalue weighted by Gasteiger charge is 2.24. The quantitative estimate of drug-likeness (QED) is 0.720. The lowest BCUT2D eigenvalue weighted by Crippen LogP contribution is -2.27. The summed E-state index contributed by atoms with van der Waals surface area (Å²) in [6, 6.07) is 5.33. The van der Waals surface area contributed by atoms with Crippen molar-refractivity contribution in [2.45, 2.75) is 19.4 Å². The van der Waals surface area contributed by atoms with Gasteiger partial charge in [-0.15, -0.1) is 0 Å². The van der Waals surface area contributed by atoms with E-state index in [4.69, 9.17) is 15.9 Å². The number of carboxylic acids is 2. The number of aliphatic carboxylic acids is 1. The second-order valence-corrected chi connectivity index (χ2v) is 3.81. The maximum absolute atomic E-state index is 10.9. The fourth-order valence-corrected chi connectivity index (χ4v) is 1.66. The number of nitrogens with two attached hydrogens (primary N) is 1. The van der Waals surface area contributed by atoms with Crippen molar-refractivity contribution in [3.8, 4) is 0 Å². The molecule has 0 saturated heterocycles. The number of carbonyl (C=O) groups is 2. The number of benzene rings is 1. The van der Waals surface area contributed by atoms with E-state index >= 15 is 0 Å². The van der Waals surface area contributed by atoms with E-state index in [0.29, 0.717) is 12.0 Å². The van der Waals surface area contributed by atoms with Crippen molar-refractivity contribution in [2.24, 2.45) is 11.7 Å². The molecular weight excluding hydrogens is 222 g/mol. The summed E-state index contributed by atoms with van der Waals surface area (Å²) in [4.78, 5) is 21.6. The van der Waals surface area contributed by atoms with Gasteiger partial charge in [0, 0.05) is 6.04 Å². The van der Waals surface area contributed by atoms with Crippen molar-refractivity contribution >= 4 is 11.9 Å². The molecule has 0 aliphatic carbocycles. The van der Waals surface area contributed by atoms with Crippen molar-refractivity contribution in [1.29, 1.82) is 0 Å². The summed E-state index contributed by atoms with van der Waals surface area (Å²) in [6.45, 7) is 1.75. The molecule has 2 unspecified atom stereocenters. The summed E-state index contributed by atoms with van der Waals surface area (Å²) in [5.41, 5.74) is 6.63. The Labute approximate surface area is 98.9 Å². The van der Waals surface area contributed by atoms with Gasteiger partial charge in [0.1, 0.15) is 0 Å². The normalized spacial score (nSPS) is 14.0. The van der Waals surface area contributed by atoms with Crippen molar-refractivity contribution in [3.05, 3.63) is 35.4 Å². The Morgan fingerprint density at radius 3 is 2.12 bits per heavy atom. The molecule has 1 aromatic carbocycles. The molecule has 17 heavy (non-hydrogen) atoms. The van der Waals surface area contributed by atoms with E-state index in [9.17, 15) is 9.59 Å². The van der Waals surface area contributed by atoms with Crippen LogP contribution in [0.15, 0.2) is 24.3 Å². The number of aromatic carboxylic acids is 1. The first kappa shape index (κ1) is 13.2. The van der Waals surface area contributed by atoms with Crippen molar-refractivity contribution in [1.82, 2.24) is 0 Å². The molecule has 5 nitrogen and oxygen atoms in total. The van der Waals surface area contributed by atoms with Gasteiger partial charge in [-0.3, -0.25) is 4.79 Å². The lowest BCUT2D eigenvalue weighted by Gasteiger charge is -2.19. The van der Waals surface area contributed by atoms with E-state index in [1.54, 1.807) is 19.1 Å². The van der Waals surface area contributed by atoms with E-state index in [0.717, 1.165) is 0 Å². The van der Waals surface area contributed by atoms with Crippen molar-refractivity contribution in [3.63, 3.8) is 0 Å². The van der Waals surface area contributed by atoms with Gasteiger partial charge in [-0.2, -0.15) is 0 Å². The predicted molar refractivity (Wildman–Crippen MR) is 61.7 cm³/mol. The maximum Gasteiger partial charge on any atom is 0.335 e. The largest absolute Gasteiger partial charge is 0.481 e. The van der Waals surface area contributed by atoms with E-state index < -0.39 is 23.9 Å². The highest BCUT2D eigenvalue weighted by atomic mass is 16.4. The first-order chi connectivity index (χ1) is 7.97. The maximum atomic E-state index is 10.9. The second-order valence-electron chi connectivity index (χ2n) is 3.81. The van der Waals surface area contributed by atoms with Crippen LogP contribution >= 0.6 is 0 Å². The van der Waals surface area contributed by atoms with Gasteiger partial charge in [-0.25, -0.2) is 4.79 Å². The summed E-state index contributed by atoms with van der Waals surface area (Å²) < 4.78 is 0. The van der Waals surface area contributed by atoms with Crippen molar-refractivity contribution < 1.29 is 19.8 Å². The molecule has 0 aliphatic rings. The van der Waals surface area contributed by atoms with Crippen LogP contribution in [0.25, 0.3) is 0 Å². The molecular formula is C12H15NO4. The van der Waals surface area contributed by atoms with Gasteiger partial charge < -0.3 is 15.9 Å². The Bertz CT molecular complexity index is 413. The van der Waals surface area contributed by atoms with Crippen LogP contribution in [0.1, 0.15) is 35.3 Å². The first-order valence-electron chi connectivity index (χ1n) is 5.29. The highest BCUT2D eigenvalue weighted by molar-refractivity contribution is 5.87. The Balaban J connectivity index is 2.92. The molecule has 92 valence electrons. The molecule has 0 radical (unpaired) electrons. The third-order valence-electron chi connectivity index (χ3n) is 2.73. The Hall–Kier alpha value is -1.88. The molecule has 1 aromatic rings. The Kier molecular flexibility index (Phi) is 4.23.